The van der Waals surface area contributed by atoms with Gasteiger partial charge in [0.25, 0.3) is 11.7 Å². The zero-order chi connectivity index (χ0) is 22.0. The number of H-pyrrole nitrogens is 1. The van der Waals surface area contributed by atoms with Gasteiger partial charge in [0.05, 0.1) is 16.8 Å². The number of hydrogen-bond donors (Lipinski definition) is 3. The SMILES string of the molecule is N#Cc1cc2c(N)c(C(=O)Nc3ccccc3SCc3ccccc3Cl)sc2[nH+]c1N. The lowest BCUT2D eigenvalue weighted by Crippen LogP contribution is -2.12. The molecular weight excluding hydrogens is 450 g/mol. The molecule has 0 fully saturated rings. The molecule has 4 rings (SSSR count). The number of nitrogens with zero attached hydrogens (tertiary/aromatic N) is 1. The molecule has 0 aliphatic rings. The molecular formula is C22H17ClN5OS2+. The predicted octanol–water partition coefficient (Wildman–Crippen LogP) is 4.95. The van der Waals surface area contributed by atoms with Crippen LogP contribution in [0.25, 0.3) is 10.2 Å². The summed E-state index contributed by atoms with van der Waals surface area (Å²) in [6, 6.07) is 18.8. The average molecular weight is 467 g/mol. The number of pyridine rings is 1. The lowest BCUT2D eigenvalue weighted by atomic mass is 10.2. The molecule has 0 aliphatic carbocycles. The second kappa shape index (κ2) is 8.86. The number of anilines is 3. The molecule has 0 unspecified atom stereocenters. The van der Waals surface area contributed by atoms with E-state index < -0.39 is 0 Å². The Morgan fingerprint density at radius 2 is 1.94 bits per heavy atom. The second-order valence-corrected chi connectivity index (χ2v) is 9.07. The van der Waals surface area contributed by atoms with Gasteiger partial charge in [0.15, 0.2) is 4.83 Å². The number of nitrogens with one attached hydrogen (secondary N) is 2. The minimum Gasteiger partial charge on any atom is -0.397 e. The predicted molar refractivity (Wildman–Crippen MR) is 127 cm³/mol. The molecule has 2 aromatic heterocycles. The maximum absolute atomic E-state index is 13.0. The number of para-hydroxylation sites is 1. The normalized spacial score (nSPS) is 10.7. The maximum Gasteiger partial charge on any atom is 0.289 e. The van der Waals surface area contributed by atoms with Crippen LogP contribution in [-0.2, 0) is 5.75 Å². The highest BCUT2D eigenvalue weighted by Gasteiger charge is 2.21. The first-order chi connectivity index (χ1) is 15.0. The molecule has 6 nitrogen and oxygen atoms in total. The number of carbonyl (C=O) groups is 1. The molecule has 4 aromatic rings. The fourth-order valence-corrected chi connectivity index (χ4v) is 5.31. The van der Waals surface area contributed by atoms with Crippen molar-refractivity contribution in [1.29, 1.82) is 5.26 Å². The molecule has 1 amide bonds. The Labute approximate surface area is 191 Å². The van der Waals surface area contributed by atoms with Crippen LogP contribution in [0.3, 0.4) is 0 Å². The van der Waals surface area contributed by atoms with Gasteiger partial charge < -0.3 is 11.1 Å². The first-order valence-corrected chi connectivity index (χ1v) is 11.4. The summed E-state index contributed by atoms with van der Waals surface area (Å²) in [5.41, 5.74) is 14.4. The molecule has 0 aliphatic heterocycles. The van der Waals surface area contributed by atoms with Crippen LogP contribution in [-0.4, -0.2) is 5.91 Å². The van der Waals surface area contributed by atoms with Gasteiger partial charge in [-0.25, -0.2) is 4.98 Å². The molecule has 2 aromatic carbocycles. The van der Waals surface area contributed by atoms with Crippen molar-refractivity contribution in [1.82, 2.24) is 0 Å². The van der Waals surface area contributed by atoms with Gasteiger partial charge in [-0.3, -0.25) is 10.5 Å². The molecule has 0 radical (unpaired) electrons. The molecule has 6 N–H and O–H groups in total. The van der Waals surface area contributed by atoms with Crippen LogP contribution in [0, 0.1) is 11.3 Å². The van der Waals surface area contributed by atoms with Crippen molar-refractivity contribution in [3.63, 3.8) is 0 Å². The van der Waals surface area contributed by atoms with Gasteiger partial charge in [-0.1, -0.05) is 53.3 Å². The third-order valence-electron chi connectivity index (χ3n) is 4.61. The van der Waals surface area contributed by atoms with E-state index in [0.717, 1.165) is 10.5 Å². The number of nitrogen functional groups attached to an aromatic ring is 2. The van der Waals surface area contributed by atoms with E-state index in [0.29, 0.717) is 37.2 Å². The average Bonchev–Trinajstić information content (AvgIpc) is 3.09. The van der Waals surface area contributed by atoms with E-state index in [1.807, 2.05) is 54.6 Å². The summed E-state index contributed by atoms with van der Waals surface area (Å²) in [4.78, 5) is 17.9. The first-order valence-electron chi connectivity index (χ1n) is 9.18. The van der Waals surface area contributed by atoms with Gasteiger partial charge in [-0.05, 0) is 29.8 Å². The highest BCUT2D eigenvalue weighted by molar-refractivity contribution is 7.98. The Bertz CT molecular complexity index is 1350. The van der Waals surface area contributed by atoms with Crippen LogP contribution in [0.1, 0.15) is 20.8 Å². The van der Waals surface area contributed by atoms with E-state index in [2.05, 4.69) is 10.3 Å². The standard InChI is InChI=1S/C22H16ClN5OS2/c23-15-6-2-1-5-12(15)11-30-17-8-4-3-7-16(17)27-21(29)19-18(25)14-9-13(10-24)20(26)28-22(14)31-19/h1-9H,11,25H2,(H2,26,28)(H,27,29)/p+1. The van der Waals surface area contributed by atoms with Crippen molar-refractivity contribution in [2.45, 2.75) is 10.6 Å². The number of amides is 1. The Morgan fingerprint density at radius 3 is 2.71 bits per heavy atom. The second-order valence-electron chi connectivity index (χ2n) is 6.63. The molecule has 2 heterocycles. The van der Waals surface area contributed by atoms with E-state index in [4.69, 9.17) is 23.1 Å². The third-order valence-corrected chi connectivity index (χ3v) is 7.24. The van der Waals surface area contributed by atoms with E-state index in [9.17, 15) is 10.1 Å². The molecule has 0 saturated heterocycles. The quantitative estimate of drug-likeness (QED) is 0.359. The van der Waals surface area contributed by atoms with Gasteiger partial charge >= 0.3 is 0 Å². The van der Waals surface area contributed by atoms with Crippen molar-refractivity contribution in [2.75, 3.05) is 16.8 Å². The number of hydrogen-bond acceptors (Lipinski definition) is 6. The lowest BCUT2D eigenvalue weighted by molar-refractivity contribution is -0.323. The van der Waals surface area contributed by atoms with Gasteiger partial charge in [0.2, 0.25) is 0 Å². The molecule has 31 heavy (non-hydrogen) atoms. The van der Waals surface area contributed by atoms with E-state index in [-0.39, 0.29) is 17.3 Å². The number of nitrogens with two attached hydrogens (primary N) is 2. The number of aromatic nitrogens is 1. The third kappa shape index (κ3) is 4.30. The van der Waals surface area contributed by atoms with Crippen LogP contribution in [0.2, 0.25) is 5.02 Å². The smallest absolute Gasteiger partial charge is 0.289 e. The largest absolute Gasteiger partial charge is 0.397 e. The highest BCUT2D eigenvalue weighted by atomic mass is 35.5. The van der Waals surface area contributed by atoms with E-state index >= 15 is 0 Å². The van der Waals surface area contributed by atoms with Crippen LogP contribution in [0.4, 0.5) is 17.2 Å². The van der Waals surface area contributed by atoms with Gasteiger partial charge in [0.1, 0.15) is 16.5 Å². The molecule has 0 atom stereocenters. The minimum atomic E-state index is -0.324. The summed E-state index contributed by atoms with van der Waals surface area (Å²) in [7, 11) is 0. The van der Waals surface area contributed by atoms with Crippen LogP contribution >= 0.6 is 34.7 Å². The van der Waals surface area contributed by atoms with E-state index in [1.165, 1.54) is 11.3 Å². The number of thioether (sulfide) groups is 1. The number of benzene rings is 2. The number of rotatable bonds is 5. The topological polar surface area (TPSA) is 119 Å². The molecule has 9 heteroatoms. The number of thiophene rings is 1. The van der Waals surface area contributed by atoms with Crippen LogP contribution in [0.5, 0.6) is 0 Å². The van der Waals surface area contributed by atoms with E-state index in [1.54, 1.807) is 17.8 Å². The zero-order valence-electron chi connectivity index (χ0n) is 16.1. The number of fused-ring (bicyclic) bond motifs is 1. The van der Waals surface area contributed by atoms with Crippen molar-refractivity contribution in [2.24, 2.45) is 0 Å². The van der Waals surface area contributed by atoms with Crippen molar-refractivity contribution < 1.29 is 9.78 Å². The molecule has 154 valence electrons. The van der Waals surface area contributed by atoms with Crippen LogP contribution in [0.15, 0.2) is 59.5 Å². The Kier molecular flexibility index (Phi) is 6.00. The highest BCUT2D eigenvalue weighted by Crippen LogP contribution is 2.35. The van der Waals surface area contributed by atoms with Crippen LogP contribution < -0.4 is 21.8 Å². The van der Waals surface area contributed by atoms with Gasteiger partial charge in [-0.2, -0.15) is 5.26 Å². The first kappa shape index (κ1) is 21.0. The Balaban J connectivity index is 1.59. The summed E-state index contributed by atoms with van der Waals surface area (Å²) >= 11 is 9.03. The summed E-state index contributed by atoms with van der Waals surface area (Å²) in [6.07, 6.45) is 0. The zero-order valence-corrected chi connectivity index (χ0v) is 18.5. The number of nitriles is 1. The van der Waals surface area contributed by atoms with Gasteiger partial charge in [-0.15, -0.1) is 11.8 Å². The number of halogens is 1. The molecule has 0 bridgehead atoms. The Hall–Kier alpha value is -3.25. The number of aromatic amines is 1. The maximum atomic E-state index is 13.0. The fraction of sp³-hybridized carbons (Fsp3) is 0.0455. The Morgan fingerprint density at radius 1 is 1.19 bits per heavy atom. The molecule has 0 spiro atoms. The van der Waals surface area contributed by atoms with Crippen molar-refractivity contribution in [3.8, 4) is 6.07 Å². The summed E-state index contributed by atoms with van der Waals surface area (Å²) < 4.78 is 0. The summed E-state index contributed by atoms with van der Waals surface area (Å²) in [6.45, 7) is 0. The van der Waals surface area contributed by atoms with Crippen molar-refractivity contribution in [3.05, 3.63) is 75.6 Å². The fourth-order valence-electron chi connectivity index (χ4n) is 3.01. The monoisotopic (exact) mass is 466 g/mol. The van der Waals surface area contributed by atoms with Crippen molar-refractivity contribution >= 4 is 68.0 Å². The lowest BCUT2D eigenvalue weighted by Gasteiger charge is -2.11. The number of carbonyl (C=O) groups excluding carboxylic acids is 1. The molecule has 0 saturated carbocycles. The summed E-state index contributed by atoms with van der Waals surface area (Å²) in [5, 5.41) is 13.4. The van der Waals surface area contributed by atoms with Gasteiger partial charge in [0, 0.05) is 15.7 Å². The minimum absolute atomic E-state index is 0.240. The summed E-state index contributed by atoms with van der Waals surface area (Å²) in [5.74, 6) is 0.586.